The van der Waals surface area contributed by atoms with Gasteiger partial charge >= 0.3 is 0 Å². The third-order valence-corrected chi connectivity index (χ3v) is 5.02. The topological polar surface area (TPSA) is 65.1 Å². The van der Waals surface area contributed by atoms with E-state index in [1.807, 2.05) is 30.3 Å². The molecule has 136 valence electrons. The van der Waals surface area contributed by atoms with E-state index in [-0.39, 0.29) is 5.56 Å². The molecule has 0 saturated carbocycles. The summed E-state index contributed by atoms with van der Waals surface area (Å²) in [6, 6.07) is 16.3. The Morgan fingerprint density at radius 3 is 2.57 bits per heavy atom. The second kappa shape index (κ2) is 6.44. The highest BCUT2D eigenvalue weighted by Crippen LogP contribution is 2.28. The number of benzene rings is 2. The van der Waals surface area contributed by atoms with E-state index < -0.39 is 0 Å². The number of nitrogens with zero attached hydrogens (tertiary/aromatic N) is 5. The summed E-state index contributed by atoms with van der Waals surface area (Å²) in [5, 5.41) is 5.58. The lowest BCUT2D eigenvalue weighted by Crippen LogP contribution is -2.20. The standard InChI is InChI=1S/C20H11Cl2N5O/c21-13-6-7-16(14(22)10-13)26-9-8-15-17(19(26)28)18(12-4-2-1-3-5-12)27-20(25-15)23-11-24-27/h1-11H. The van der Waals surface area contributed by atoms with Crippen molar-refractivity contribution >= 4 is 39.9 Å². The van der Waals surface area contributed by atoms with Gasteiger partial charge in [0.15, 0.2) is 0 Å². The third kappa shape index (κ3) is 2.58. The number of hydrogen-bond acceptors (Lipinski definition) is 4. The molecule has 0 atom stereocenters. The SMILES string of the molecule is O=c1c2c(-c3ccccc3)n3ncnc3nc2ccn1-c1ccc(Cl)cc1Cl. The summed E-state index contributed by atoms with van der Waals surface area (Å²) in [6.07, 6.45) is 3.07. The molecule has 3 aromatic heterocycles. The largest absolute Gasteiger partial charge is 0.282 e. The van der Waals surface area contributed by atoms with Crippen molar-refractivity contribution in [2.45, 2.75) is 0 Å². The van der Waals surface area contributed by atoms with Crippen LogP contribution in [0.25, 0.3) is 33.6 Å². The first-order valence-corrected chi connectivity index (χ1v) is 9.15. The lowest BCUT2D eigenvalue weighted by molar-refractivity contribution is 0.948. The van der Waals surface area contributed by atoms with Crippen molar-refractivity contribution in [2.24, 2.45) is 0 Å². The van der Waals surface area contributed by atoms with Gasteiger partial charge in [-0.05, 0) is 24.3 Å². The lowest BCUT2D eigenvalue weighted by Gasteiger charge is -2.12. The molecule has 0 N–H and O–H groups in total. The van der Waals surface area contributed by atoms with E-state index >= 15 is 0 Å². The van der Waals surface area contributed by atoms with Crippen molar-refractivity contribution in [1.82, 2.24) is 24.1 Å². The van der Waals surface area contributed by atoms with Gasteiger partial charge in [0.1, 0.15) is 6.33 Å². The molecule has 5 aromatic rings. The van der Waals surface area contributed by atoms with Crippen LogP contribution in [0.2, 0.25) is 10.0 Å². The molecule has 6 nitrogen and oxygen atoms in total. The number of aromatic nitrogens is 5. The molecule has 8 heteroatoms. The quantitative estimate of drug-likeness (QED) is 0.434. The van der Waals surface area contributed by atoms with Gasteiger partial charge < -0.3 is 0 Å². The van der Waals surface area contributed by atoms with Gasteiger partial charge in [-0.25, -0.2) is 4.98 Å². The Morgan fingerprint density at radius 2 is 1.79 bits per heavy atom. The van der Waals surface area contributed by atoms with Crippen molar-refractivity contribution < 1.29 is 0 Å². The van der Waals surface area contributed by atoms with Crippen LogP contribution in [0.5, 0.6) is 0 Å². The highest BCUT2D eigenvalue weighted by Gasteiger charge is 2.18. The first kappa shape index (κ1) is 16.9. The van der Waals surface area contributed by atoms with Gasteiger partial charge in [0.25, 0.3) is 11.3 Å². The van der Waals surface area contributed by atoms with Crippen LogP contribution in [0, 0.1) is 0 Å². The second-order valence-electron chi connectivity index (χ2n) is 6.15. The van der Waals surface area contributed by atoms with Crippen molar-refractivity contribution in [1.29, 1.82) is 0 Å². The average Bonchev–Trinajstić information content (AvgIpc) is 3.16. The molecule has 3 heterocycles. The molecule has 0 spiro atoms. The normalized spacial score (nSPS) is 11.4. The summed E-state index contributed by atoms with van der Waals surface area (Å²) in [4.78, 5) is 22.2. The van der Waals surface area contributed by atoms with Gasteiger partial charge in [0.2, 0.25) is 0 Å². The molecular weight excluding hydrogens is 397 g/mol. The van der Waals surface area contributed by atoms with Gasteiger partial charge in [0, 0.05) is 16.8 Å². The molecule has 0 fully saturated rings. The van der Waals surface area contributed by atoms with Gasteiger partial charge in [0.05, 0.1) is 27.3 Å². The summed E-state index contributed by atoms with van der Waals surface area (Å²) < 4.78 is 3.06. The van der Waals surface area contributed by atoms with Crippen LogP contribution in [0.1, 0.15) is 0 Å². The minimum absolute atomic E-state index is 0.259. The molecule has 0 unspecified atom stereocenters. The van der Waals surface area contributed by atoms with Crippen LogP contribution in [0.3, 0.4) is 0 Å². The van der Waals surface area contributed by atoms with Crippen molar-refractivity contribution in [3.8, 4) is 16.9 Å². The smallest absolute Gasteiger partial charge is 0.266 e. The van der Waals surface area contributed by atoms with E-state index in [0.29, 0.717) is 38.1 Å². The van der Waals surface area contributed by atoms with E-state index in [1.54, 1.807) is 35.0 Å². The fourth-order valence-electron chi connectivity index (χ4n) is 3.25. The van der Waals surface area contributed by atoms with E-state index in [4.69, 9.17) is 23.2 Å². The Kier molecular flexibility index (Phi) is 3.89. The van der Waals surface area contributed by atoms with Crippen LogP contribution < -0.4 is 5.56 Å². The summed E-state index contributed by atoms with van der Waals surface area (Å²) in [6.45, 7) is 0. The Bertz CT molecular complexity index is 1410. The molecule has 0 bridgehead atoms. The number of pyridine rings is 1. The molecule has 5 rings (SSSR count). The molecule has 28 heavy (non-hydrogen) atoms. The molecule has 0 aliphatic carbocycles. The highest BCUT2D eigenvalue weighted by molar-refractivity contribution is 6.35. The molecule has 0 aliphatic rings. The number of fused-ring (bicyclic) bond motifs is 2. The third-order valence-electron chi connectivity index (χ3n) is 4.49. The maximum absolute atomic E-state index is 13.5. The highest BCUT2D eigenvalue weighted by atomic mass is 35.5. The average molecular weight is 408 g/mol. The van der Waals surface area contributed by atoms with Crippen LogP contribution in [0.4, 0.5) is 0 Å². The first-order chi connectivity index (χ1) is 13.6. The zero-order valence-electron chi connectivity index (χ0n) is 14.3. The number of halogens is 2. The van der Waals surface area contributed by atoms with Gasteiger partial charge in [-0.15, -0.1) is 0 Å². The number of hydrogen-bond donors (Lipinski definition) is 0. The van der Waals surface area contributed by atoms with Crippen molar-refractivity contribution in [3.05, 3.63) is 87.5 Å². The fraction of sp³-hybridized carbons (Fsp3) is 0. The Hall–Kier alpha value is -3.22. The summed E-state index contributed by atoms with van der Waals surface area (Å²) in [7, 11) is 0. The van der Waals surface area contributed by atoms with E-state index in [1.165, 1.54) is 10.9 Å². The lowest BCUT2D eigenvalue weighted by atomic mass is 10.1. The van der Waals surface area contributed by atoms with E-state index in [0.717, 1.165) is 5.56 Å². The maximum atomic E-state index is 13.5. The van der Waals surface area contributed by atoms with Crippen molar-refractivity contribution in [3.63, 3.8) is 0 Å². The van der Waals surface area contributed by atoms with Gasteiger partial charge in [-0.3, -0.25) is 9.36 Å². The molecular formula is C20H11Cl2N5O. The summed E-state index contributed by atoms with van der Waals surface area (Å²) in [5.41, 5.74) is 2.27. The molecule has 0 aliphatic heterocycles. The molecule has 0 amide bonds. The van der Waals surface area contributed by atoms with Crippen LogP contribution in [0.15, 0.2) is 71.9 Å². The van der Waals surface area contributed by atoms with E-state index in [2.05, 4.69) is 15.1 Å². The van der Waals surface area contributed by atoms with Gasteiger partial charge in [-0.1, -0.05) is 53.5 Å². The zero-order chi connectivity index (χ0) is 19.3. The Balaban J connectivity index is 1.93. The molecule has 2 aromatic carbocycles. The summed E-state index contributed by atoms with van der Waals surface area (Å²) in [5.74, 6) is 0.424. The summed E-state index contributed by atoms with van der Waals surface area (Å²) >= 11 is 12.3. The van der Waals surface area contributed by atoms with Crippen molar-refractivity contribution in [2.75, 3.05) is 0 Å². The second-order valence-corrected chi connectivity index (χ2v) is 6.99. The predicted molar refractivity (Wildman–Crippen MR) is 109 cm³/mol. The molecule has 0 saturated heterocycles. The minimum Gasteiger partial charge on any atom is -0.282 e. The predicted octanol–water partition coefficient (Wildman–Crippen LogP) is 4.40. The molecule has 0 radical (unpaired) electrons. The Morgan fingerprint density at radius 1 is 0.964 bits per heavy atom. The number of rotatable bonds is 2. The maximum Gasteiger partial charge on any atom is 0.266 e. The fourth-order valence-corrected chi connectivity index (χ4v) is 3.75. The van der Waals surface area contributed by atoms with Gasteiger partial charge in [-0.2, -0.15) is 14.6 Å². The monoisotopic (exact) mass is 407 g/mol. The van der Waals surface area contributed by atoms with Crippen LogP contribution >= 0.6 is 23.2 Å². The van der Waals surface area contributed by atoms with Crippen LogP contribution in [-0.4, -0.2) is 24.1 Å². The first-order valence-electron chi connectivity index (χ1n) is 8.39. The Labute approximate surface area is 168 Å². The van der Waals surface area contributed by atoms with Crippen LogP contribution in [-0.2, 0) is 0 Å². The van der Waals surface area contributed by atoms with E-state index in [9.17, 15) is 4.79 Å². The zero-order valence-corrected chi connectivity index (χ0v) is 15.8. The minimum atomic E-state index is -0.259.